The van der Waals surface area contributed by atoms with E-state index in [9.17, 15) is 18.0 Å². The first-order valence-corrected chi connectivity index (χ1v) is 11.3. The second-order valence-electron chi connectivity index (χ2n) is 7.33. The second kappa shape index (κ2) is 8.39. The van der Waals surface area contributed by atoms with Crippen LogP contribution >= 0.6 is 0 Å². The predicted molar refractivity (Wildman–Crippen MR) is 102 cm³/mol. The SMILES string of the molecule is CS(=O)(=O)N1CCC(C(=O)N2CCC[C@@H]2C(=O)NCc2ccccc2)CC1. The number of benzene rings is 1. The van der Waals surface area contributed by atoms with Gasteiger partial charge in [-0.05, 0) is 31.2 Å². The highest BCUT2D eigenvalue weighted by atomic mass is 32.2. The Morgan fingerprint density at radius 1 is 1.07 bits per heavy atom. The molecule has 0 unspecified atom stereocenters. The maximum atomic E-state index is 12.9. The average molecular weight is 394 g/mol. The van der Waals surface area contributed by atoms with Gasteiger partial charge in [0.2, 0.25) is 21.8 Å². The van der Waals surface area contributed by atoms with Crippen LogP contribution in [0, 0.1) is 5.92 Å². The molecule has 7 nitrogen and oxygen atoms in total. The van der Waals surface area contributed by atoms with E-state index >= 15 is 0 Å². The van der Waals surface area contributed by atoms with E-state index in [-0.39, 0.29) is 17.7 Å². The van der Waals surface area contributed by atoms with Gasteiger partial charge >= 0.3 is 0 Å². The third kappa shape index (κ3) is 4.87. The molecule has 0 aromatic heterocycles. The molecule has 0 radical (unpaired) electrons. The minimum absolute atomic E-state index is 0.0134. The van der Waals surface area contributed by atoms with Crippen molar-refractivity contribution >= 4 is 21.8 Å². The van der Waals surface area contributed by atoms with Crippen LogP contribution < -0.4 is 5.32 Å². The summed E-state index contributed by atoms with van der Waals surface area (Å²) in [5.41, 5.74) is 1.02. The van der Waals surface area contributed by atoms with E-state index in [1.54, 1.807) is 4.90 Å². The molecule has 0 aliphatic carbocycles. The van der Waals surface area contributed by atoms with Crippen LogP contribution in [0.15, 0.2) is 30.3 Å². The van der Waals surface area contributed by atoms with Gasteiger partial charge < -0.3 is 10.2 Å². The van der Waals surface area contributed by atoms with E-state index in [2.05, 4.69) is 5.32 Å². The highest BCUT2D eigenvalue weighted by Gasteiger charge is 2.38. The largest absolute Gasteiger partial charge is 0.350 e. The second-order valence-corrected chi connectivity index (χ2v) is 9.31. The van der Waals surface area contributed by atoms with Crippen molar-refractivity contribution in [2.45, 2.75) is 38.3 Å². The molecule has 0 spiro atoms. The fraction of sp³-hybridized carbons (Fsp3) is 0.579. The summed E-state index contributed by atoms with van der Waals surface area (Å²) in [6.07, 6.45) is 3.72. The number of hydrogen-bond donors (Lipinski definition) is 1. The third-order valence-corrected chi connectivity index (χ3v) is 6.72. The summed E-state index contributed by atoms with van der Waals surface area (Å²) in [6.45, 7) is 1.78. The van der Waals surface area contributed by atoms with Crippen molar-refractivity contribution in [3.05, 3.63) is 35.9 Å². The molecule has 0 saturated carbocycles. The van der Waals surface area contributed by atoms with Crippen molar-refractivity contribution < 1.29 is 18.0 Å². The first-order valence-electron chi connectivity index (χ1n) is 9.43. The lowest BCUT2D eigenvalue weighted by Crippen LogP contribution is -2.49. The van der Waals surface area contributed by atoms with Crippen molar-refractivity contribution in [2.24, 2.45) is 5.92 Å². The number of amides is 2. The fourth-order valence-corrected chi connectivity index (χ4v) is 4.75. The number of carbonyl (C=O) groups excluding carboxylic acids is 2. The molecule has 1 N–H and O–H groups in total. The molecule has 148 valence electrons. The van der Waals surface area contributed by atoms with Crippen LogP contribution in [0.1, 0.15) is 31.2 Å². The quantitative estimate of drug-likeness (QED) is 0.807. The zero-order valence-corrected chi connectivity index (χ0v) is 16.5. The number of nitrogens with one attached hydrogen (secondary N) is 1. The van der Waals surface area contributed by atoms with Gasteiger partial charge in [-0.1, -0.05) is 30.3 Å². The standard InChI is InChI=1S/C19H27N3O4S/c1-27(25,26)21-12-9-16(10-13-21)19(24)22-11-5-8-17(22)18(23)20-14-15-6-3-2-4-7-15/h2-4,6-7,16-17H,5,8-14H2,1H3,(H,20,23)/t17-/m1/s1. The lowest BCUT2D eigenvalue weighted by Gasteiger charge is -2.33. The zero-order valence-electron chi connectivity index (χ0n) is 15.6. The maximum absolute atomic E-state index is 12.9. The molecular weight excluding hydrogens is 366 g/mol. The number of likely N-dealkylation sites (tertiary alicyclic amines) is 1. The van der Waals surface area contributed by atoms with Crippen molar-refractivity contribution in [2.75, 3.05) is 25.9 Å². The summed E-state index contributed by atoms with van der Waals surface area (Å²) >= 11 is 0. The van der Waals surface area contributed by atoms with E-state index in [0.29, 0.717) is 45.4 Å². The molecule has 1 atom stereocenters. The Bertz CT molecular complexity index is 773. The van der Waals surface area contributed by atoms with Gasteiger partial charge in [0.1, 0.15) is 6.04 Å². The van der Waals surface area contributed by atoms with Gasteiger partial charge in [0.05, 0.1) is 6.26 Å². The lowest BCUT2D eigenvalue weighted by atomic mass is 9.96. The normalized spacial score (nSPS) is 22.0. The van der Waals surface area contributed by atoms with E-state index in [4.69, 9.17) is 0 Å². The summed E-state index contributed by atoms with van der Waals surface area (Å²) < 4.78 is 24.7. The summed E-state index contributed by atoms with van der Waals surface area (Å²) in [5.74, 6) is -0.329. The summed E-state index contributed by atoms with van der Waals surface area (Å²) in [5, 5.41) is 2.94. The van der Waals surface area contributed by atoms with Crippen molar-refractivity contribution in [3.8, 4) is 0 Å². The van der Waals surface area contributed by atoms with Crippen LogP contribution in [0.25, 0.3) is 0 Å². The Kier molecular flexibility index (Phi) is 6.16. The monoisotopic (exact) mass is 393 g/mol. The molecule has 27 heavy (non-hydrogen) atoms. The number of rotatable bonds is 5. The maximum Gasteiger partial charge on any atom is 0.243 e. The highest BCUT2D eigenvalue weighted by Crippen LogP contribution is 2.26. The Morgan fingerprint density at radius 3 is 2.37 bits per heavy atom. The molecule has 3 rings (SSSR count). The van der Waals surface area contributed by atoms with Crippen LogP contribution in [-0.4, -0.2) is 61.4 Å². The average Bonchev–Trinajstić information content (AvgIpc) is 3.15. The molecule has 2 fully saturated rings. The molecule has 1 aromatic carbocycles. The summed E-state index contributed by atoms with van der Waals surface area (Å²) in [6, 6.07) is 9.26. The summed E-state index contributed by atoms with van der Waals surface area (Å²) in [7, 11) is -3.21. The minimum atomic E-state index is -3.21. The molecule has 8 heteroatoms. The highest BCUT2D eigenvalue weighted by molar-refractivity contribution is 7.88. The Balaban J connectivity index is 1.56. The van der Waals surface area contributed by atoms with Gasteiger partial charge in [-0.25, -0.2) is 12.7 Å². The Hall–Kier alpha value is -1.93. The minimum Gasteiger partial charge on any atom is -0.350 e. The van der Waals surface area contributed by atoms with Gasteiger partial charge in [-0.2, -0.15) is 0 Å². The number of piperidine rings is 1. The smallest absolute Gasteiger partial charge is 0.243 e. The number of sulfonamides is 1. The van der Waals surface area contributed by atoms with E-state index in [1.165, 1.54) is 10.6 Å². The molecule has 2 aliphatic heterocycles. The lowest BCUT2D eigenvalue weighted by molar-refractivity contribution is -0.142. The number of carbonyl (C=O) groups is 2. The van der Waals surface area contributed by atoms with Crippen LogP contribution in [-0.2, 0) is 26.2 Å². The molecule has 2 saturated heterocycles. The van der Waals surface area contributed by atoms with Crippen LogP contribution in [0.3, 0.4) is 0 Å². The topological polar surface area (TPSA) is 86.8 Å². The third-order valence-electron chi connectivity index (χ3n) is 5.42. The Morgan fingerprint density at radius 2 is 1.74 bits per heavy atom. The van der Waals surface area contributed by atoms with Crippen LogP contribution in [0.5, 0.6) is 0 Å². The van der Waals surface area contributed by atoms with Crippen molar-refractivity contribution in [3.63, 3.8) is 0 Å². The van der Waals surface area contributed by atoms with Gasteiger partial charge in [0, 0.05) is 32.1 Å². The van der Waals surface area contributed by atoms with E-state index in [0.717, 1.165) is 12.0 Å². The van der Waals surface area contributed by atoms with Crippen molar-refractivity contribution in [1.82, 2.24) is 14.5 Å². The fourth-order valence-electron chi connectivity index (χ4n) is 3.87. The number of nitrogens with zero attached hydrogens (tertiary/aromatic N) is 2. The van der Waals surface area contributed by atoms with Gasteiger partial charge in [0.25, 0.3) is 0 Å². The van der Waals surface area contributed by atoms with Gasteiger partial charge in [-0.15, -0.1) is 0 Å². The first-order chi connectivity index (χ1) is 12.9. The number of hydrogen-bond acceptors (Lipinski definition) is 4. The van der Waals surface area contributed by atoms with Gasteiger partial charge in [0.15, 0.2) is 0 Å². The Labute approximate surface area is 160 Å². The van der Waals surface area contributed by atoms with Crippen molar-refractivity contribution in [1.29, 1.82) is 0 Å². The molecule has 1 aromatic rings. The van der Waals surface area contributed by atoms with Gasteiger partial charge in [-0.3, -0.25) is 9.59 Å². The molecule has 2 amide bonds. The predicted octanol–water partition coefficient (Wildman–Crippen LogP) is 0.965. The molecular formula is C19H27N3O4S. The summed E-state index contributed by atoms with van der Waals surface area (Å²) in [4.78, 5) is 27.2. The first kappa shape index (κ1) is 19.8. The zero-order chi connectivity index (χ0) is 19.4. The molecule has 0 bridgehead atoms. The van der Waals surface area contributed by atoms with E-state index in [1.807, 2.05) is 30.3 Å². The molecule has 2 aliphatic rings. The van der Waals surface area contributed by atoms with Crippen LogP contribution in [0.4, 0.5) is 0 Å². The molecule has 2 heterocycles. The van der Waals surface area contributed by atoms with Crippen LogP contribution in [0.2, 0.25) is 0 Å². The van der Waals surface area contributed by atoms with E-state index < -0.39 is 16.1 Å².